The highest BCUT2D eigenvalue weighted by Crippen LogP contribution is 2.24. The number of rotatable bonds is 5. The van der Waals surface area contributed by atoms with Gasteiger partial charge in [-0.2, -0.15) is 4.98 Å². The molecule has 1 atom stereocenters. The van der Waals surface area contributed by atoms with E-state index in [0.29, 0.717) is 24.7 Å². The Morgan fingerprint density at radius 3 is 2.93 bits per heavy atom. The van der Waals surface area contributed by atoms with Gasteiger partial charge >= 0.3 is 6.01 Å². The van der Waals surface area contributed by atoms with Crippen LogP contribution in [0.25, 0.3) is 10.9 Å². The second-order valence-electron chi connectivity index (χ2n) is 6.65. The summed E-state index contributed by atoms with van der Waals surface area (Å²) in [5.74, 6) is 1.16. The fraction of sp³-hybridized carbons (Fsp3) is 0.350. The molecule has 146 valence electrons. The average molecular weight is 382 g/mol. The van der Waals surface area contributed by atoms with Crippen molar-refractivity contribution >= 4 is 16.8 Å². The quantitative estimate of drug-likeness (QED) is 0.730. The molecule has 1 unspecified atom stereocenters. The van der Waals surface area contributed by atoms with Crippen molar-refractivity contribution in [3.05, 3.63) is 42.2 Å². The second-order valence-corrected chi connectivity index (χ2v) is 6.65. The number of carbonyl (C=O) groups excluding carboxylic acids is 1. The van der Waals surface area contributed by atoms with Crippen molar-refractivity contribution in [2.75, 3.05) is 27.3 Å². The van der Waals surface area contributed by atoms with E-state index in [0.717, 1.165) is 29.5 Å². The third kappa shape index (κ3) is 3.71. The number of ether oxygens (including phenoxy) is 3. The van der Waals surface area contributed by atoms with Gasteiger partial charge in [0.1, 0.15) is 17.5 Å². The van der Waals surface area contributed by atoms with Gasteiger partial charge in [-0.1, -0.05) is 0 Å². The highest BCUT2D eigenvalue weighted by atomic mass is 16.5. The fourth-order valence-electron chi connectivity index (χ4n) is 3.40. The predicted molar refractivity (Wildman–Crippen MR) is 103 cm³/mol. The number of hydrogen-bond acceptors (Lipinski definition) is 6. The van der Waals surface area contributed by atoms with Crippen molar-refractivity contribution in [2.45, 2.75) is 18.9 Å². The van der Waals surface area contributed by atoms with Crippen molar-refractivity contribution in [3.63, 3.8) is 0 Å². The number of methoxy groups -OCH3 is 2. The Morgan fingerprint density at radius 2 is 2.11 bits per heavy atom. The molecule has 1 amide bonds. The van der Waals surface area contributed by atoms with E-state index in [1.165, 1.54) is 7.11 Å². The lowest BCUT2D eigenvalue weighted by Gasteiger charge is -2.32. The Balaban J connectivity index is 1.47. The maximum Gasteiger partial charge on any atom is 0.319 e. The number of piperidine rings is 1. The number of aromatic nitrogens is 3. The average Bonchev–Trinajstić information content (AvgIpc) is 3.16. The summed E-state index contributed by atoms with van der Waals surface area (Å²) in [4.78, 5) is 26.2. The van der Waals surface area contributed by atoms with Gasteiger partial charge in [0.25, 0.3) is 5.91 Å². The van der Waals surface area contributed by atoms with Gasteiger partial charge in [0.2, 0.25) is 5.88 Å². The molecule has 1 fully saturated rings. The molecule has 3 heterocycles. The smallest absolute Gasteiger partial charge is 0.319 e. The summed E-state index contributed by atoms with van der Waals surface area (Å²) in [6.45, 7) is 1.20. The molecule has 2 aromatic heterocycles. The van der Waals surface area contributed by atoms with E-state index in [9.17, 15) is 4.79 Å². The molecule has 8 heteroatoms. The summed E-state index contributed by atoms with van der Waals surface area (Å²) in [6, 6.07) is 9.52. The maximum atomic E-state index is 13.0. The number of benzene rings is 1. The standard InChI is InChI=1S/C20H22N4O4/c1-26-14-6-5-13-10-17(22-16(13)11-14)19(25)24-9-3-4-15(12-24)28-18-7-8-21-20(23-18)27-2/h5-8,10-11,15,22H,3-4,9,12H2,1-2H3. The summed E-state index contributed by atoms with van der Waals surface area (Å²) in [5.41, 5.74) is 1.44. The molecular formula is C20H22N4O4. The van der Waals surface area contributed by atoms with Crippen molar-refractivity contribution in [3.8, 4) is 17.6 Å². The number of carbonyl (C=O) groups is 1. The summed E-state index contributed by atoms with van der Waals surface area (Å²) >= 11 is 0. The molecular weight excluding hydrogens is 360 g/mol. The van der Waals surface area contributed by atoms with Crippen LogP contribution in [0.3, 0.4) is 0 Å². The van der Waals surface area contributed by atoms with Crippen LogP contribution in [0.4, 0.5) is 0 Å². The number of amides is 1. The molecule has 1 aliphatic heterocycles. The highest BCUT2D eigenvalue weighted by Gasteiger charge is 2.27. The van der Waals surface area contributed by atoms with Crippen LogP contribution in [0.2, 0.25) is 0 Å². The first-order valence-corrected chi connectivity index (χ1v) is 9.16. The first-order valence-electron chi connectivity index (χ1n) is 9.16. The van der Waals surface area contributed by atoms with Crippen LogP contribution in [-0.2, 0) is 0 Å². The van der Waals surface area contributed by atoms with Crippen LogP contribution in [0.1, 0.15) is 23.3 Å². The Labute approximate surface area is 162 Å². The molecule has 28 heavy (non-hydrogen) atoms. The van der Waals surface area contributed by atoms with Crippen LogP contribution in [0, 0.1) is 0 Å². The monoisotopic (exact) mass is 382 g/mol. The van der Waals surface area contributed by atoms with E-state index in [-0.39, 0.29) is 18.0 Å². The van der Waals surface area contributed by atoms with E-state index in [1.54, 1.807) is 19.4 Å². The lowest BCUT2D eigenvalue weighted by atomic mass is 10.1. The number of aromatic amines is 1. The summed E-state index contributed by atoms with van der Waals surface area (Å²) in [5, 5.41) is 0.974. The van der Waals surface area contributed by atoms with Gasteiger partial charge in [0, 0.05) is 35.8 Å². The van der Waals surface area contributed by atoms with Gasteiger partial charge in [0.15, 0.2) is 0 Å². The van der Waals surface area contributed by atoms with E-state index in [4.69, 9.17) is 14.2 Å². The topological polar surface area (TPSA) is 89.6 Å². The van der Waals surface area contributed by atoms with Gasteiger partial charge in [-0.25, -0.2) is 4.98 Å². The first-order chi connectivity index (χ1) is 13.7. The number of hydrogen-bond donors (Lipinski definition) is 1. The molecule has 1 aliphatic rings. The third-order valence-corrected chi connectivity index (χ3v) is 4.80. The SMILES string of the molecule is COc1ccc2cc(C(=O)N3CCCC(Oc4ccnc(OC)n4)C3)[nH]c2c1. The summed E-state index contributed by atoms with van der Waals surface area (Å²) < 4.78 is 16.2. The zero-order valence-electron chi connectivity index (χ0n) is 15.8. The lowest BCUT2D eigenvalue weighted by Crippen LogP contribution is -2.44. The molecule has 0 aliphatic carbocycles. The van der Waals surface area contributed by atoms with E-state index >= 15 is 0 Å². The van der Waals surface area contributed by atoms with Crippen LogP contribution < -0.4 is 14.2 Å². The number of H-pyrrole nitrogens is 1. The minimum atomic E-state index is -0.123. The molecule has 4 rings (SSSR count). The largest absolute Gasteiger partial charge is 0.497 e. The normalized spacial score (nSPS) is 16.8. The maximum absolute atomic E-state index is 13.0. The number of likely N-dealkylation sites (tertiary alicyclic amines) is 1. The van der Waals surface area contributed by atoms with Gasteiger partial charge in [-0.3, -0.25) is 4.79 Å². The van der Waals surface area contributed by atoms with Crippen molar-refractivity contribution in [2.24, 2.45) is 0 Å². The molecule has 0 saturated carbocycles. The Morgan fingerprint density at radius 1 is 1.21 bits per heavy atom. The van der Waals surface area contributed by atoms with Gasteiger partial charge in [0.05, 0.1) is 20.8 Å². The van der Waals surface area contributed by atoms with Crippen LogP contribution >= 0.6 is 0 Å². The van der Waals surface area contributed by atoms with Crippen LogP contribution in [0.5, 0.6) is 17.6 Å². The minimum Gasteiger partial charge on any atom is -0.497 e. The van der Waals surface area contributed by atoms with E-state index in [2.05, 4.69) is 15.0 Å². The molecule has 1 aromatic carbocycles. The zero-order valence-corrected chi connectivity index (χ0v) is 15.8. The predicted octanol–water partition coefficient (Wildman–Crippen LogP) is 2.66. The van der Waals surface area contributed by atoms with E-state index in [1.807, 2.05) is 29.2 Å². The minimum absolute atomic E-state index is 0.0382. The molecule has 0 radical (unpaired) electrons. The van der Waals surface area contributed by atoms with Gasteiger partial charge in [-0.15, -0.1) is 0 Å². The van der Waals surface area contributed by atoms with Crippen molar-refractivity contribution in [1.29, 1.82) is 0 Å². The number of fused-ring (bicyclic) bond motifs is 1. The fourth-order valence-corrected chi connectivity index (χ4v) is 3.40. The third-order valence-electron chi connectivity index (χ3n) is 4.80. The summed E-state index contributed by atoms with van der Waals surface area (Å²) in [6.07, 6.45) is 3.19. The molecule has 1 N–H and O–H groups in total. The van der Waals surface area contributed by atoms with Crippen LogP contribution in [-0.4, -0.2) is 59.2 Å². The van der Waals surface area contributed by atoms with Gasteiger partial charge in [-0.05, 0) is 31.0 Å². The van der Waals surface area contributed by atoms with E-state index < -0.39 is 0 Å². The zero-order chi connectivity index (χ0) is 19.5. The first kappa shape index (κ1) is 18.1. The summed E-state index contributed by atoms with van der Waals surface area (Å²) in [7, 11) is 3.13. The lowest BCUT2D eigenvalue weighted by molar-refractivity contribution is 0.0521. The van der Waals surface area contributed by atoms with Crippen molar-refractivity contribution < 1.29 is 19.0 Å². The van der Waals surface area contributed by atoms with Crippen molar-refractivity contribution in [1.82, 2.24) is 19.9 Å². The Hall–Kier alpha value is -3.29. The Kier molecular flexibility index (Phi) is 5.01. The van der Waals surface area contributed by atoms with Gasteiger partial charge < -0.3 is 24.1 Å². The molecule has 0 spiro atoms. The van der Waals surface area contributed by atoms with Crippen LogP contribution in [0.15, 0.2) is 36.5 Å². The highest BCUT2D eigenvalue weighted by molar-refractivity contribution is 5.98. The molecule has 3 aromatic rings. The molecule has 0 bridgehead atoms. The Bertz CT molecular complexity index is 987. The molecule has 1 saturated heterocycles. The second kappa shape index (κ2) is 7.75. The number of nitrogens with one attached hydrogen (secondary N) is 1. The number of nitrogens with zero attached hydrogens (tertiary/aromatic N) is 3. The molecule has 8 nitrogen and oxygen atoms in total.